The van der Waals surface area contributed by atoms with Gasteiger partial charge in [0.2, 0.25) is 5.91 Å². The second-order valence-corrected chi connectivity index (χ2v) is 6.49. The van der Waals surface area contributed by atoms with E-state index in [1.807, 2.05) is 0 Å². The van der Waals surface area contributed by atoms with Crippen molar-refractivity contribution in [2.75, 3.05) is 13.1 Å². The van der Waals surface area contributed by atoms with Crippen LogP contribution in [0.15, 0.2) is 58.1 Å². The van der Waals surface area contributed by atoms with E-state index in [1.165, 1.54) is 36.6 Å². The number of nitrogens with zero attached hydrogens (tertiary/aromatic N) is 1. The molecule has 1 aromatic carbocycles. The minimum atomic E-state index is -0.506. The van der Waals surface area contributed by atoms with Crippen molar-refractivity contribution in [2.24, 2.45) is 0 Å². The number of nitrogens with one attached hydrogen (secondary N) is 1. The Morgan fingerprint density at radius 1 is 1.22 bits per heavy atom. The molecule has 1 N–H and O–H groups in total. The largest absolute Gasteiger partial charge is 0.465 e. The van der Waals surface area contributed by atoms with Gasteiger partial charge in [-0.3, -0.25) is 19.3 Å². The van der Waals surface area contributed by atoms with Crippen molar-refractivity contribution in [3.8, 4) is 0 Å². The molecule has 3 amide bonds. The Kier molecular flexibility index (Phi) is 5.87. The lowest BCUT2D eigenvalue weighted by Gasteiger charge is -2.12. The van der Waals surface area contributed by atoms with Gasteiger partial charge in [-0.1, -0.05) is 18.2 Å². The maximum atomic E-state index is 13.7. The van der Waals surface area contributed by atoms with Gasteiger partial charge in [-0.25, -0.2) is 4.39 Å². The highest BCUT2D eigenvalue weighted by atomic mass is 32.2. The van der Waals surface area contributed by atoms with Crippen molar-refractivity contribution in [3.05, 3.63) is 70.8 Å². The molecule has 0 atom stereocenters. The molecule has 2 heterocycles. The van der Waals surface area contributed by atoms with Crippen LogP contribution >= 0.6 is 11.8 Å². The summed E-state index contributed by atoms with van der Waals surface area (Å²) < 4.78 is 18.8. The predicted molar refractivity (Wildman–Crippen MR) is 99.8 cm³/mol. The van der Waals surface area contributed by atoms with E-state index in [9.17, 15) is 18.8 Å². The Morgan fingerprint density at radius 2 is 2.04 bits per heavy atom. The zero-order valence-corrected chi connectivity index (χ0v) is 14.9. The van der Waals surface area contributed by atoms with Crippen LogP contribution in [-0.4, -0.2) is 35.0 Å². The molecule has 3 rings (SSSR count). The van der Waals surface area contributed by atoms with Gasteiger partial charge in [0, 0.05) is 24.7 Å². The lowest BCUT2D eigenvalue weighted by molar-refractivity contribution is -0.123. The van der Waals surface area contributed by atoms with E-state index in [1.54, 1.807) is 24.3 Å². The molecule has 0 spiro atoms. The van der Waals surface area contributed by atoms with Crippen molar-refractivity contribution in [1.82, 2.24) is 10.2 Å². The van der Waals surface area contributed by atoms with Gasteiger partial charge in [-0.2, -0.15) is 0 Å². The van der Waals surface area contributed by atoms with Crippen LogP contribution in [0.1, 0.15) is 11.3 Å². The smallest absolute Gasteiger partial charge is 0.293 e. The second kappa shape index (κ2) is 8.50. The molecule has 2 aromatic rings. The summed E-state index contributed by atoms with van der Waals surface area (Å²) in [5.41, 5.74) is 0.236. The fraction of sp³-hybridized carbons (Fsp3) is 0.105. The summed E-state index contributed by atoms with van der Waals surface area (Å²) >= 11 is 0.745. The number of carbonyl (C=O) groups excluding carboxylic acids is 3. The number of thioether (sulfide) groups is 1. The monoisotopic (exact) mass is 386 g/mol. The fourth-order valence-corrected chi connectivity index (χ4v) is 3.18. The van der Waals surface area contributed by atoms with Gasteiger partial charge in [0.25, 0.3) is 11.1 Å². The van der Waals surface area contributed by atoms with Crippen LogP contribution in [0.3, 0.4) is 0 Å². The summed E-state index contributed by atoms with van der Waals surface area (Å²) in [6.45, 7) is 0.131. The molecule has 6 nitrogen and oxygen atoms in total. The average Bonchev–Trinajstić information content (AvgIpc) is 3.25. The third-order valence-electron chi connectivity index (χ3n) is 3.64. The minimum Gasteiger partial charge on any atom is -0.465 e. The lowest BCUT2D eigenvalue weighted by atomic mass is 10.2. The first-order valence-corrected chi connectivity index (χ1v) is 8.85. The first kappa shape index (κ1) is 18.7. The summed E-state index contributed by atoms with van der Waals surface area (Å²) in [5.74, 6) is -0.817. The number of furan rings is 1. The van der Waals surface area contributed by atoms with Crippen LogP contribution in [0.25, 0.3) is 12.2 Å². The number of hydrogen-bond acceptors (Lipinski definition) is 5. The van der Waals surface area contributed by atoms with Crippen LogP contribution in [0.5, 0.6) is 0 Å². The first-order chi connectivity index (χ1) is 13.0. The Morgan fingerprint density at radius 3 is 2.78 bits per heavy atom. The Bertz CT molecular complexity index is 922. The van der Waals surface area contributed by atoms with Gasteiger partial charge in [-0.15, -0.1) is 0 Å². The van der Waals surface area contributed by atoms with E-state index in [0.29, 0.717) is 5.76 Å². The Hall–Kier alpha value is -3.13. The molecular formula is C19H15FN2O4S. The molecule has 0 saturated carbocycles. The highest BCUT2D eigenvalue weighted by molar-refractivity contribution is 8.18. The van der Waals surface area contributed by atoms with E-state index in [4.69, 9.17) is 4.42 Å². The van der Waals surface area contributed by atoms with E-state index >= 15 is 0 Å². The number of amides is 3. The third-order valence-corrected chi connectivity index (χ3v) is 4.55. The molecule has 1 aliphatic rings. The van der Waals surface area contributed by atoms with Crippen LogP contribution in [0.4, 0.5) is 9.18 Å². The van der Waals surface area contributed by atoms with Crippen molar-refractivity contribution in [1.29, 1.82) is 0 Å². The normalized spacial score (nSPS) is 15.9. The van der Waals surface area contributed by atoms with Crippen molar-refractivity contribution >= 4 is 41.0 Å². The van der Waals surface area contributed by atoms with Crippen LogP contribution in [0.2, 0.25) is 0 Å². The Balaban J connectivity index is 1.55. The molecule has 0 radical (unpaired) electrons. The van der Waals surface area contributed by atoms with Crippen molar-refractivity contribution in [2.45, 2.75) is 0 Å². The van der Waals surface area contributed by atoms with Crippen molar-refractivity contribution < 1.29 is 23.2 Å². The topological polar surface area (TPSA) is 79.6 Å². The number of imide groups is 1. The fourth-order valence-electron chi connectivity index (χ4n) is 2.32. The molecule has 1 aromatic heterocycles. The summed E-state index contributed by atoms with van der Waals surface area (Å²) in [5, 5.41) is 2.13. The number of carbonyl (C=O) groups is 3. The third kappa shape index (κ3) is 4.73. The molecule has 0 bridgehead atoms. The average molecular weight is 386 g/mol. The van der Waals surface area contributed by atoms with Crippen LogP contribution < -0.4 is 5.32 Å². The summed E-state index contributed by atoms with van der Waals surface area (Å²) in [6.07, 6.45) is 5.65. The molecule has 138 valence electrons. The zero-order valence-electron chi connectivity index (χ0n) is 14.1. The van der Waals surface area contributed by atoms with Gasteiger partial charge in [0.1, 0.15) is 11.6 Å². The van der Waals surface area contributed by atoms with Gasteiger partial charge < -0.3 is 9.73 Å². The number of halogens is 1. The molecule has 1 fully saturated rings. The van der Waals surface area contributed by atoms with Gasteiger partial charge in [-0.05, 0) is 42.1 Å². The Labute approximate surface area is 158 Å². The summed E-state index contributed by atoms with van der Waals surface area (Å²) in [4.78, 5) is 37.3. The lowest BCUT2D eigenvalue weighted by Crippen LogP contribution is -2.36. The molecule has 1 aliphatic heterocycles. The molecular weight excluding hydrogens is 371 g/mol. The molecule has 27 heavy (non-hydrogen) atoms. The number of benzene rings is 1. The van der Waals surface area contributed by atoms with Crippen LogP contribution in [0, 0.1) is 5.82 Å². The standard InChI is InChI=1S/C19H15FN2O4S/c20-15-6-2-1-4-13(15)12-16-18(24)22(19(25)27-16)10-9-21-17(23)8-7-14-5-3-11-26-14/h1-8,11-12H,9-10H2,(H,21,23)/b8-7+,16-12-. The SMILES string of the molecule is O=C(/C=C/c1ccco1)NCCN1C(=O)S/C(=C\c2ccccc2F)C1=O. The van der Waals surface area contributed by atoms with E-state index in [-0.39, 0.29) is 29.5 Å². The molecule has 8 heteroatoms. The van der Waals surface area contributed by atoms with Crippen LogP contribution in [-0.2, 0) is 9.59 Å². The van der Waals surface area contributed by atoms with Gasteiger partial charge in [0.05, 0.1) is 11.2 Å². The minimum absolute atomic E-state index is 0.0274. The molecule has 1 saturated heterocycles. The number of hydrogen-bond donors (Lipinski definition) is 1. The highest BCUT2D eigenvalue weighted by Crippen LogP contribution is 2.32. The maximum absolute atomic E-state index is 13.7. The van der Waals surface area contributed by atoms with E-state index < -0.39 is 17.0 Å². The second-order valence-electron chi connectivity index (χ2n) is 5.49. The van der Waals surface area contributed by atoms with E-state index in [2.05, 4.69) is 5.32 Å². The van der Waals surface area contributed by atoms with Gasteiger partial charge >= 0.3 is 0 Å². The van der Waals surface area contributed by atoms with Crippen molar-refractivity contribution in [3.63, 3.8) is 0 Å². The highest BCUT2D eigenvalue weighted by Gasteiger charge is 2.34. The summed E-state index contributed by atoms with van der Waals surface area (Å²) in [6, 6.07) is 9.39. The predicted octanol–water partition coefficient (Wildman–Crippen LogP) is 3.28. The zero-order chi connectivity index (χ0) is 19.2. The molecule has 0 aliphatic carbocycles. The number of rotatable bonds is 6. The van der Waals surface area contributed by atoms with Gasteiger partial charge in [0.15, 0.2) is 0 Å². The maximum Gasteiger partial charge on any atom is 0.293 e. The molecule has 0 unspecified atom stereocenters. The first-order valence-electron chi connectivity index (χ1n) is 8.04. The summed E-state index contributed by atoms with van der Waals surface area (Å²) in [7, 11) is 0. The van der Waals surface area contributed by atoms with E-state index in [0.717, 1.165) is 16.7 Å². The quantitative estimate of drug-likeness (QED) is 0.771.